The van der Waals surface area contributed by atoms with E-state index in [1.54, 1.807) is 0 Å². The molecule has 0 radical (unpaired) electrons. The lowest BCUT2D eigenvalue weighted by Crippen LogP contribution is -2.05. The van der Waals surface area contributed by atoms with Crippen molar-refractivity contribution in [1.29, 1.82) is 0 Å². The molecule has 0 aliphatic heterocycles. The van der Waals surface area contributed by atoms with Gasteiger partial charge in [0.15, 0.2) is 5.82 Å². The zero-order valence-corrected chi connectivity index (χ0v) is 14.6. The Labute approximate surface area is 155 Å². The number of nitrogens with one attached hydrogen (secondary N) is 3. The number of aromatic amines is 2. The van der Waals surface area contributed by atoms with E-state index in [-0.39, 0.29) is 0 Å². The number of anilines is 1. The fourth-order valence-corrected chi connectivity index (χ4v) is 3.26. The van der Waals surface area contributed by atoms with E-state index in [4.69, 9.17) is 4.98 Å². The predicted octanol–water partition coefficient (Wildman–Crippen LogP) is 4.16. The maximum atomic E-state index is 4.70. The van der Waals surface area contributed by atoms with Crippen molar-refractivity contribution >= 4 is 27.6 Å². The summed E-state index contributed by atoms with van der Waals surface area (Å²) in [6, 6.07) is 20.2. The van der Waals surface area contributed by atoms with Crippen LogP contribution in [0, 0.1) is 0 Å². The van der Waals surface area contributed by atoms with Crippen LogP contribution in [0.3, 0.4) is 0 Å². The second-order valence-electron chi connectivity index (χ2n) is 6.43. The lowest BCUT2D eigenvalue weighted by molar-refractivity contribution is 0.962. The van der Waals surface area contributed by atoms with Gasteiger partial charge >= 0.3 is 0 Å². The second kappa shape index (κ2) is 6.57. The van der Waals surface area contributed by atoms with Gasteiger partial charge in [0.25, 0.3) is 0 Å². The van der Waals surface area contributed by atoms with Gasteiger partial charge in [-0.15, -0.1) is 0 Å². The number of nitrogens with zero attached hydrogens (tertiary/aromatic N) is 3. The standard InChI is InChI=1S/C21H18N6/c1-2-7-17-16(6-1)20(27-26-17)21-24-18-9-8-15(13-19(18)25-21)23-12-10-14-5-3-4-11-22-14/h1-9,11,13,23H,10,12H2,(H,24,25)(H,26,27). The molecule has 6 heteroatoms. The molecule has 0 spiro atoms. The smallest absolute Gasteiger partial charge is 0.159 e. The summed E-state index contributed by atoms with van der Waals surface area (Å²) in [6.45, 7) is 0.827. The van der Waals surface area contributed by atoms with Gasteiger partial charge in [0, 0.05) is 35.9 Å². The molecule has 0 fully saturated rings. The van der Waals surface area contributed by atoms with Gasteiger partial charge < -0.3 is 10.3 Å². The lowest BCUT2D eigenvalue weighted by Gasteiger charge is -2.05. The number of H-pyrrole nitrogens is 2. The zero-order valence-electron chi connectivity index (χ0n) is 14.6. The van der Waals surface area contributed by atoms with E-state index in [0.717, 1.165) is 57.8 Å². The highest BCUT2D eigenvalue weighted by Crippen LogP contribution is 2.26. The molecule has 0 aliphatic carbocycles. The van der Waals surface area contributed by atoms with Crippen molar-refractivity contribution in [2.45, 2.75) is 6.42 Å². The number of benzene rings is 2. The summed E-state index contributed by atoms with van der Waals surface area (Å²) >= 11 is 0. The summed E-state index contributed by atoms with van der Waals surface area (Å²) in [6.07, 6.45) is 2.71. The minimum absolute atomic E-state index is 0.771. The Bertz CT molecular complexity index is 1210. The Morgan fingerprint density at radius 2 is 1.85 bits per heavy atom. The van der Waals surface area contributed by atoms with Crippen LogP contribution in [0.25, 0.3) is 33.5 Å². The molecule has 5 aromatic rings. The summed E-state index contributed by atoms with van der Waals surface area (Å²) < 4.78 is 0. The monoisotopic (exact) mass is 354 g/mol. The normalized spacial score (nSPS) is 11.3. The van der Waals surface area contributed by atoms with E-state index in [9.17, 15) is 0 Å². The van der Waals surface area contributed by atoms with Crippen LogP contribution in [-0.4, -0.2) is 31.7 Å². The number of hydrogen-bond acceptors (Lipinski definition) is 4. The summed E-state index contributed by atoms with van der Waals surface area (Å²) in [7, 11) is 0. The molecule has 0 bridgehead atoms. The van der Waals surface area contributed by atoms with Crippen molar-refractivity contribution in [2.75, 3.05) is 11.9 Å². The molecule has 3 aromatic heterocycles. The molecule has 0 aliphatic rings. The minimum atomic E-state index is 0.771. The number of aromatic nitrogens is 5. The molecule has 0 amide bonds. The van der Waals surface area contributed by atoms with E-state index in [1.807, 2.05) is 60.8 Å². The van der Waals surface area contributed by atoms with E-state index < -0.39 is 0 Å². The van der Waals surface area contributed by atoms with Crippen LogP contribution in [0.15, 0.2) is 66.9 Å². The number of pyridine rings is 1. The molecule has 6 nitrogen and oxygen atoms in total. The lowest BCUT2D eigenvalue weighted by atomic mass is 10.2. The van der Waals surface area contributed by atoms with Gasteiger partial charge in [-0.2, -0.15) is 5.10 Å². The maximum absolute atomic E-state index is 4.70. The molecule has 5 rings (SSSR count). The first-order valence-corrected chi connectivity index (χ1v) is 8.94. The van der Waals surface area contributed by atoms with Gasteiger partial charge in [-0.05, 0) is 36.4 Å². The SMILES string of the molecule is c1ccc(CCNc2ccc3nc(-c4n[nH]c5ccccc45)[nH]c3c2)nc1. The molecule has 0 atom stereocenters. The Morgan fingerprint density at radius 1 is 0.926 bits per heavy atom. The zero-order chi connectivity index (χ0) is 18.1. The van der Waals surface area contributed by atoms with Crippen LogP contribution in [0.2, 0.25) is 0 Å². The first kappa shape index (κ1) is 15.6. The van der Waals surface area contributed by atoms with Crippen molar-refractivity contribution in [3.63, 3.8) is 0 Å². The average molecular weight is 354 g/mol. The van der Waals surface area contributed by atoms with E-state index in [0.29, 0.717) is 0 Å². The van der Waals surface area contributed by atoms with E-state index in [2.05, 4.69) is 31.5 Å². The predicted molar refractivity (Wildman–Crippen MR) is 108 cm³/mol. The largest absolute Gasteiger partial charge is 0.385 e. The maximum Gasteiger partial charge on any atom is 0.159 e. The van der Waals surface area contributed by atoms with Crippen LogP contribution >= 0.6 is 0 Å². The van der Waals surface area contributed by atoms with Gasteiger partial charge in [0.2, 0.25) is 0 Å². The van der Waals surface area contributed by atoms with Crippen molar-refractivity contribution in [3.05, 3.63) is 72.6 Å². The molecule has 0 saturated carbocycles. The Morgan fingerprint density at radius 3 is 2.78 bits per heavy atom. The summed E-state index contributed by atoms with van der Waals surface area (Å²) in [5.41, 5.74) is 5.89. The highest BCUT2D eigenvalue weighted by Gasteiger charge is 2.12. The van der Waals surface area contributed by atoms with Crippen LogP contribution in [0.5, 0.6) is 0 Å². The molecule has 27 heavy (non-hydrogen) atoms. The van der Waals surface area contributed by atoms with Crippen molar-refractivity contribution in [2.24, 2.45) is 0 Å². The second-order valence-corrected chi connectivity index (χ2v) is 6.43. The van der Waals surface area contributed by atoms with E-state index in [1.165, 1.54) is 0 Å². The highest BCUT2D eigenvalue weighted by atomic mass is 15.1. The molecule has 132 valence electrons. The third-order valence-corrected chi connectivity index (χ3v) is 4.61. The van der Waals surface area contributed by atoms with Crippen molar-refractivity contribution in [1.82, 2.24) is 25.1 Å². The van der Waals surface area contributed by atoms with Gasteiger partial charge in [-0.25, -0.2) is 4.98 Å². The molecule has 0 unspecified atom stereocenters. The quantitative estimate of drug-likeness (QED) is 0.443. The van der Waals surface area contributed by atoms with Crippen LogP contribution < -0.4 is 5.32 Å². The number of para-hydroxylation sites is 1. The fraction of sp³-hybridized carbons (Fsp3) is 0.0952. The van der Waals surface area contributed by atoms with Gasteiger partial charge in [-0.3, -0.25) is 10.1 Å². The number of rotatable bonds is 5. The number of imidazole rings is 1. The summed E-state index contributed by atoms with van der Waals surface area (Å²) in [5, 5.41) is 12.0. The van der Waals surface area contributed by atoms with E-state index >= 15 is 0 Å². The molecular weight excluding hydrogens is 336 g/mol. The molecule has 0 saturated heterocycles. The van der Waals surface area contributed by atoms with Gasteiger partial charge in [0.1, 0.15) is 5.69 Å². The minimum Gasteiger partial charge on any atom is -0.385 e. The fourth-order valence-electron chi connectivity index (χ4n) is 3.26. The molecule has 2 aromatic carbocycles. The van der Waals surface area contributed by atoms with Crippen LogP contribution in [0.4, 0.5) is 5.69 Å². The Balaban J connectivity index is 1.38. The third-order valence-electron chi connectivity index (χ3n) is 4.61. The van der Waals surface area contributed by atoms with Gasteiger partial charge in [-0.1, -0.05) is 24.3 Å². The molecule has 3 heterocycles. The summed E-state index contributed by atoms with van der Waals surface area (Å²) in [4.78, 5) is 12.4. The van der Waals surface area contributed by atoms with Gasteiger partial charge in [0.05, 0.1) is 16.6 Å². The highest BCUT2D eigenvalue weighted by molar-refractivity contribution is 5.93. The van der Waals surface area contributed by atoms with Crippen molar-refractivity contribution in [3.8, 4) is 11.5 Å². The third kappa shape index (κ3) is 3.01. The first-order chi connectivity index (χ1) is 13.4. The van der Waals surface area contributed by atoms with Crippen LogP contribution in [0.1, 0.15) is 5.69 Å². The Kier molecular flexibility index (Phi) is 3.79. The first-order valence-electron chi connectivity index (χ1n) is 8.94. The molecular formula is C21H18N6. The van der Waals surface area contributed by atoms with Crippen LogP contribution in [-0.2, 0) is 6.42 Å². The average Bonchev–Trinajstić information content (AvgIpc) is 3.32. The Hall–Kier alpha value is -3.67. The molecule has 3 N–H and O–H groups in total. The topological polar surface area (TPSA) is 82.3 Å². The number of fused-ring (bicyclic) bond motifs is 2. The number of hydrogen-bond donors (Lipinski definition) is 3. The van der Waals surface area contributed by atoms with Crippen molar-refractivity contribution < 1.29 is 0 Å². The summed E-state index contributed by atoms with van der Waals surface area (Å²) in [5.74, 6) is 0.771.